The number of para-hydroxylation sites is 2. The highest BCUT2D eigenvalue weighted by Gasteiger charge is 2.06. The van der Waals surface area contributed by atoms with E-state index in [2.05, 4.69) is 10.6 Å². The van der Waals surface area contributed by atoms with Crippen molar-refractivity contribution in [3.8, 4) is 11.5 Å². The van der Waals surface area contributed by atoms with Gasteiger partial charge in [0.25, 0.3) is 0 Å². The van der Waals surface area contributed by atoms with Gasteiger partial charge in [-0.2, -0.15) is 0 Å². The van der Waals surface area contributed by atoms with E-state index in [1.807, 2.05) is 43.3 Å². The molecular formula is C19H24N2O4. The van der Waals surface area contributed by atoms with Crippen molar-refractivity contribution in [1.82, 2.24) is 0 Å². The van der Waals surface area contributed by atoms with E-state index < -0.39 is 0 Å². The molecule has 0 heterocycles. The van der Waals surface area contributed by atoms with E-state index in [1.165, 1.54) is 0 Å². The molecule has 6 heteroatoms. The topological polar surface area (TPSA) is 68.8 Å². The van der Waals surface area contributed by atoms with Crippen LogP contribution in [0.3, 0.4) is 0 Å². The fraction of sp³-hybridized carbons (Fsp3) is 0.316. The molecule has 0 aromatic heterocycles. The van der Waals surface area contributed by atoms with E-state index in [0.717, 1.165) is 17.2 Å². The molecule has 25 heavy (non-hydrogen) atoms. The number of rotatable bonds is 10. The monoisotopic (exact) mass is 344 g/mol. The van der Waals surface area contributed by atoms with Crippen LogP contribution in [0.1, 0.15) is 6.92 Å². The number of carbonyl (C=O) groups excluding carboxylic acids is 1. The summed E-state index contributed by atoms with van der Waals surface area (Å²) in [6.07, 6.45) is 0. The highest BCUT2D eigenvalue weighted by molar-refractivity contribution is 5.94. The zero-order chi connectivity index (χ0) is 17.9. The van der Waals surface area contributed by atoms with Gasteiger partial charge in [-0.25, -0.2) is 0 Å². The van der Waals surface area contributed by atoms with Gasteiger partial charge in [0.15, 0.2) is 0 Å². The number of ether oxygens (including phenoxy) is 3. The third kappa shape index (κ3) is 6.35. The van der Waals surface area contributed by atoms with Crippen LogP contribution in [-0.4, -0.2) is 39.4 Å². The lowest BCUT2D eigenvalue weighted by molar-refractivity contribution is -0.114. The van der Waals surface area contributed by atoms with Crippen molar-refractivity contribution in [2.75, 3.05) is 44.1 Å². The van der Waals surface area contributed by atoms with Crippen LogP contribution < -0.4 is 20.1 Å². The van der Waals surface area contributed by atoms with Crippen molar-refractivity contribution in [1.29, 1.82) is 0 Å². The van der Waals surface area contributed by atoms with Gasteiger partial charge in [-0.05, 0) is 43.3 Å². The van der Waals surface area contributed by atoms with Crippen molar-refractivity contribution in [2.24, 2.45) is 0 Å². The standard InChI is InChI=1S/C19H24N2O4/c1-3-24-18-7-5-4-6-17(18)20-14-19(22)21-15-8-10-16(11-9-15)25-13-12-23-2/h4-11,20H,3,12-14H2,1-2H3,(H,21,22). The molecule has 0 atom stereocenters. The third-order valence-electron chi connectivity index (χ3n) is 3.32. The summed E-state index contributed by atoms with van der Waals surface area (Å²) in [5, 5.41) is 5.92. The number of amides is 1. The number of hydrogen-bond acceptors (Lipinski definition) is 5. The lowest BCUT2D eigenvalue weighted by Crippen LogP contribution is -2.22. The first-order valence-corrected chi connectivity index (χ1v) is 8.20. The maximum Gasteiger partial charge on any atom is 0.243 e. The fourth-order valence-corrected chi connectivity index (χ4v) is 2.15. The Bertz CT molecular complexity index is 659. The molecule has 1 amide bonds. The number of nitrogens with one attached hydrogen (secondary N) is 2. The van der Waals surface area contributed by atoms with E-state index >= 15 is 0 Å². The predicted octanol–water partition coefficient (Wildman–Crippen LogP) is 3.16. The average molecular weight is 344 g/mol. The van der Waals surface area contributed by atoms with Crippen molar-refractivity contribution in [2.45, 2.75) is 6.92 Å². The van der Waals surface area contributed by atoms with Crippen molar-refractivity contribution >= 4 is 17.3 Å². The summed E-state index contributed by atoms with van der Waals surface area (Å²) < 4.78 is 15.9. The van der Waals surface area contributed by atoms with Gasteiger partial charge in [-0.1, -0.05) is 12.1 Å². The summed E-state index contributed by atoms with van der Waals surface area (Å²) in [7, 11) is 1.63. The van der Waals surface area contributed by atoms with Crippen LogP contribution in [0.15, 0.2) is 48.5 Å². The molecule has 0 aliphatic carbocycles. The minimum absolute atomic E-state index is 0.139. The normalized spacial score (nSPS) is 10.2. The Morgan fingerprint density at radius 2 is 1.76 bits per heavy atom. The summed E-state index contributed by atoms with van der Waals surface area (Å²) >= 11 is 0. The number of benzene rings is 2. The molecule has 2 rings (SSSR count). The molecule has 0 aliphatic rings. The Kier molecular flexibility index (Phi) is 7.59. The Morgan fingerprint density at radius 3 is 2.48 bits per heavy atom. The molecule has 6 nitrogen and oxygen atoms in total. The van der Waals surface area contributed by atoms with Crippen LogP contribution in [0.4, 0.5) is 11.4 Å². The predicted molar refractivity (Wildman–Crippen MR) is 98.5 cm³/mol. The lowest BCUT2D eigenvalue weighted by atomic mass is 10.3. The third-order valence-corrected chi connectivity index (χ3v) is 3.32. The van der Waals surface area contributed by atoms with Gasteiger partial charge >= 0.3 is 0 Å². The zero-order valence-corrected chi connectivity index (χ0v) is 14.6. The molecular weight excluding hydrogens is 320 g/mol. The first-order valence-electron chi connectivity index (χ1n) is 8.20. The Hall–Kier alpha value is -2.73. The van der Waals surface area contributed by atoms with Crippen LogP contribution in [0.25, 0.3) is 0 Å². The van der Waals surface area contributed by atoms with Crippen LogP contribution in [-0.2, 0) is 9.53 Å². The Morgan fingerprint density at radius 1 is 1.00 bits per heavy atom. The van der Waals surface area contributed by atoms with Gasteiger partial charge in [0.2, 0.25) is 5.91 Å². The summed E-state index contributed by atoms with van der Waals surface area (Å²) in [5.74, 6) is 1.33. The van der Waals surface area contributed by atoms with Crippen molar-refractivity contribution in [3.63, 3.8) is 0 Å². The van der Waals surface area contributed by atoms with E-state index in [0.29, 0.717) is 25.5 Å². The van der Waals surface area contributed by atoms with Gasteiger partial charge < -0.3 is 24.8 Å². The molecule has 0 saturated heterocycles. The molecule has 0 radical (unpaired) electrons. The van der Waals surface area contributed by atoms with Gasteiger partial charge in [0.1, 0.15) is 18.1 Å². The maximum atomic E-state index is 12.1. The van der Waals surface area contributed by atoms with Gasteiger partial charge in [0, 0.05) is 12.8 Å². The molecule has 0 unspecified atom stereocenters. The second-order valence-electron chi connectivity index (χ2n) is 5.20. The van der Waals surface area contributed by atoms with Crippen LogP contribution >= 0.6 is 0 Å². The number of methoxy groups -OCH3 is 1. The fourth-order valence-electron chi connectivity index (χ4n) is 2.15. The Labute approximate surface area is 148 Å². The molecule has 134 valence electrons. The molecule has 0 spiro atoms. The van der Waals surface area contributed by atoms with Crippen LogP contribution in [0.2, 0.25) is 0 Å². The van der Waals surface area contributed by atoms with Gasteiger partial charge in [-0.15, -0.1) is 0 Å². The molecule has 2 aromatic carbocycles. The quantitative estimate of drug-likeness (QED) is 0.648. The van der Waals surface area contributed by atoms with E-state index in [4.69, 9.17) is 14.2 Å². The second-order valence-corrected chi connectivity index (χ2v) is 5.20. The second kappa shape index (κ2) is 10.2. The first-order chi connectivity index (χ1) is 12.2. The molecule has 0 saturated carbocycles. The maximum absolute atomic E-state index is 12.1. The first kappa shape index (κ1) is 18.6. The minimum Gasteiger partial charge on any atom is -0.492 e. The Balaban J connectivity index is 1.82. The largest absolute Gasteiger partial charge is 0.492 e. The highest BCUT2D eigenvalue weighted by atomic mass is 16.5. The summed E-state index contributed by atoms with van der Waals surface area (Å²) in [6.45, 7) is 3.67. The van der Waals surface area contributed by atoms with Crippen molar-refractivity contribution < 1.29 is 19.0 Å². The molecule has 2 aromatic rings. The molecule has 0 bridgehead atoms. The van der Waals surface area contributed by atoms with Gasteiger partial charge in [0.05, 0.1) is 25.4 Å². The number of anilines is 2. The van der Waals surface area contributed by atoms with Crippen molar-refractivity contribution in [3.05, 3.63) is 48.5 Å². The number of carbonyl (C=O) groups is 1. The average Bonchev–Trinajstić information content (AvgIpc) is 2.63. The van der Waals surface area contributed by atoms with Gasteiger partial charge in [-0.3, -0.25) is 4.79 Å². The van der Waals surface area contributed by atoms with Crippen LogP contribution in [0.5, 0.6) is 11.5 Å². The molecule has 0 aliphatic heterocycles. The zero-order valence-electron chi connectivity index (χ0n) is 14.6. The SMILES string of the molecule is CCOc1ccccc1NCC(=O)Nc1ccc(OCCOC)cc1. The summed E-state index contributed by atoms with van der Waals surface area (Å²) in [4.78, 5) is 12.1. The summed E-state index contributed by atoms with van der Waals surface area (Å²) in [5.41, 5.74) is 1.50. The lowest BCUT2D eigenvalue weighted by Gasteiger charge is -2.12. The molecule has 2 N–H and O–H groups in total. The minimum atomic E-state index is -0.139. The van der Waals surface area contributed by atoms with E-state index in [1.54, 1.807) is 19.2 Å². The van der Waals surface area contributed by atoms with E-state index in [-0.39, 0.29) is 12.5 Å². The molecule has 0 fully saturated rings. The summed E-state index contributed by atoms with van der Waals surface area (Å²) in [6, 6.07) is 14.8. The van der Waals surface area contributed by atoms with E-state index in [9.17, 15) is 4.79 Å². The highest BCUT2D eigenvalue weighted by Crippen LogP contribution is 2.23. The smallest absolute Gasteiger partial charge is 0.243 e. The number of hydrogen-bond donors (Lipinski definition) is 2. The van der Waals surface area contributed by atoms with Crippen LogP contribution in [0, 0.1) is 0 Å².